The maximum Gasteiger partial charge on any atom is 0.448 e. The summed E-state index contributed by atoms with van der Waals surface area (Å²) in [6.45, 7) is 4.61. The highest BCUT2D eigenvalue weighted by molar-refractivity contribution is 4.87. The number of halogens is 8. The number of rotatable bonds is 6. The van der Waals surface area contributed by atoms with E-state index in [4.69, 9.17) is 0 Å². The van der Waals surface area contributed by atoms with Crippen molar-refractivity contribution in [2.45, 2.75) is 64.6 Å². The van der Waals surface area contributed by atoms with Crippen molar-refractivity contribution in [3.63, 3.8) is 0 Å². The quantitative estimate of drug-likeness (QED) is 0.580. The van der Waals surface area contributed by atoms with Crippen LogP contribution in [0.15, 0.2) is 0 Å². The van der Waals surface area contributed by atoms with Crippen molar-refractivity contribution in [1.29, 1.82) is 0 Å². The highest BCUT2D eigenvalue weighted by Gasteiger charge is 2.68. The molecule has 0 aliphatic carbocycles. The van der Waals surface area contributed by atoms with E-state index in [1.54, 1.807) is 0 Å². The Kier molecular flexibility index (Phi) is 6.08. The third-order valence-corrected chi connectivity index (χ3v) is 2.51. The summed E-state index contributed by atoms with van der Waals surface area (Å²) < 4.78 is 107. The summed E-state index contributed by atoms with van der Waals surface area (Å²) in [5.74, 6) is -11.4. The molecule has 0 spiro atoms. The van der Waals surface area contributed by atoms with E-state index in [-0.39, 0.29) is 0 Å². The lowest BCUT2D eigenvalue weighted by atomic mass is 10.0. The summed E-state index contributed by atoms with van der Waals surface area (Å²) in [6.07, 6.45) is -14.4. The van der Waals surface area contributed by atoms with Gasteiger partial charge in [-0.1, -0.05) is 27.7 Å². The van der Waals surface area contributed by atoms with Crippen molar-refractivity contribution in [1.82, 2.24) is 0 Å². The van der Waals surface area contributed by atoms with Crippen molar-refractivity contribution in [3.8, 4) is 0 Å². The minimum absolute atomic E-state index is 0.992. The van der Waals surface area contributed by atoms with Crippen molar-refractivity contribution >= 4 is 0 Å². The Bertz CT molecular complexity index is 303. The molecule has 21 heavy (non-hydrogen) atoms. The zero-order valence-electron chi connectivity index (χ0n) is 12.0. The van der Waals surface area contributed by atoms with Crippen LogP contribution in [0.4, 0.5) is 35.1 Å². The van der Waals surface area contributed by atoms with E-state index in [9.17, 15) is 35.1 Å². The Morgan fingerprint density at radius 2 is 0.857 bits per heavy atom. The molecule has 0 saturated heterocycles. The lowest BCUT2D eigenvalue weighted by Gasteiger charge is -2.37. The van der Waals surface area contributed by atoms with Crippen molar-refractivity contribution in [3.05, 3.63) is 0 Å². The number of ether oxygens (including phenoxy) is 1. The highest BCUT2D eigenvalue weighted by atomic mass is 19.4. The second kappa shape index (κ2) is 6.26. The molecule has 0 radical (unpaired) electrons. The first-order chi connectivity index (χ1) is 9.04. The second-order valence-corrected chi connectivity index (χ2v) is 5.75. The van der Waals surface area contributed by atoms with Crippen LogP contribution in [0.25, 0.3) is 0 Å². The minimum atomic E-state index is -5.78. The molecule has 0 N–H and O–H groups in total. The summed E-state index contributed by atoms with van der Waals surface area (Å²) in [7, 11) is 0. The van der Waals surface area contributed by atoms with Gasteiger partial charge in [0.05, 0.1) is 0 Å². The van der Waals surface area contributed by atoms with Gasteiger partial charge in [-0.3, -0.25) is 4.74 Å². The van der Waals surface area contributed by atoms with Gasteiger partial charge in [-0.25, -0.2) is 8.78 Å². The van der Waals surface area contributed by atoms with Gasteiger partial charge in [0.25, 0.3) is 0 Å². The fourth-order valence-electron chi connectivity index (χ4n) is 1.74. The van der Waals surface area contributed by atoms with Gasteiger partial charge in [0.1, 0.15) is 0 Å². The molecule has 0 heterocycles. The molecule has 0 amide bonds. The van der Waals surface area contributed by atoms with E-state index in [2.05, 4.69) is 4.74 Å². The molecule has 0 aliphatic heterocycles. The predicted molar refractivity (Wildman–Crippen MR) is 59.8 cm³/mol. The Hall–Kier alpha value is -0.600. The molecular weight excluding hydrogens is 312 g/mol. The normalized spacial score (nSPS) is 19.7. The van der Waals surface area contributed by atoms with E-state index in [0.717, 1.165) is 27.7 Å². The third kappa shape index (κ3) is 5.27. The summed E-state index contributed by atoms with van der Waals surface area (Å²) in [6, 6.07) is 0. The van der Waals surface area contributed by atoms with Crippen LogP contribution in [0.3, 0.4) is 0 Å². The largest absolute Gasteiger partial charge is 0.448 e. The Morgan fingerprint density at radius 1 is 0.619 bits per heavy atom. The van der Waals surface area contributed by atoms with Crippen LogP contribution in [-0.4, -0.2) is 24.1 Å². The lowest BCUT2D eigenvalue weighted by Crippen LogP contribution is -2.55. The van der Waals surface area contributed by atoms with Gasteiger partial charge in [0, 0.05) is 12.8 Å². The fraction of sp³-hybridized carbons (Fsp3) is 1.00. The van der Waals surface area contributed by atoms with E-state index in [1.165, 1.54) is 0 Å². The molecule has 9 heteroatoms. The summed E-state index contributed by atoms with van der Waals surface area (Å²) in [5.41, 5.74) is 0. The molecule has 0 aromatic rings. The first kappa shape index (κ1) is 20.4. The minimum Gasteiger partial charge on any atom is -0.294 e. The number of alkyl halides is 8. The van der Waals surface area contributed by atoms with Crippen LogP contribution in [0.2, 0.25) is 0 Å². The van der Waals surface area contributed by atoms with Crippen LogP contribution < -0.4 is 0 Å². The van der Waals surface area contributed by atoms with Crippen LogP contribution in [-0.2, 0) is 4.74 Å². The van der Waals surface area contributed by atoms with Crippen LogP contribution >= 0.6 is 0 Å². The van der Waals surface area contributed by atoms with Crippen LogP contribution in [0.5, 0.6) is 0 Å². The second-order valence-electron chi connectivity index (χ2n) is 5.75. The maximum atomic E-state index is 13.9. The molecule has 0 aromatic heterocycles. The Labute approximate surface area is 117 Å². The van der Waals surface area contributed by atoms with Gasteiger partial charge < -0.3 is 0 Å². The molecular formula is C12H18F8O. The number of hydrogen-bond acceptors (Lipinski definition) is 1. The Morgan fingerprint density at radius 3 is 1.00 bits per heavy atom. The first-order valence-electron chi connectivity index (χ1n) is 6.25. The van der Waals surface area contributed by atoms with Crippen LogP contribution in [0, 0.1) is 11.8 Å². The van der Waals surface area contributed by atoms with Gasteiger partial charge in [-0.15, -0.1) is 0 Å². The average molecular weight is 330 g/mol. The smallest absolute Gasteiger partial charge is 0.294 e. The monoisotopic (exact) mass is 330 g/mol. The summed E-state index contributed by atoms with van der Waals surface area (Å²) in [5, 5.41) is 0. The van der Waals surface area contributed by atoms with Gasteiger partial charge in [-0.2, -0.15) is 26.3 Å². The van der Waals surface area contributed by atoms with Crippen molar-refractivity contribution in [2.24, 2.45) is 11.8 Å². The molecule has 0 aliphatic rings. The summed E-state index contributed by atoms with van der Waals surface area (Å²) in [4.78, 5) is 0. The topological polar surface area (TPSA) is 9.23 Å². The van der Waals surface area contributed by atoms with Gasteiger partial charge in [0.2, 0.25) is 0 Å². The van der Waals surface area contributed by atoms with Crippen LogP contribution in [0.1, 0.15) is 40.5 Å². The van der Waals surface area contributed by atoms with Gasteiger partial charge in [0.15, 0.2) is 0 Å². The van der Waals surface area contributed by atoms with E-state index in [1.807, 2.05) is 0 Å². The van der Waals surface area contributed by atoms with Gasteiger partial charge in [-0.05, 0) is 11.8 Å². The molecule has 0 rings (SSSR count). The van der Waals surface area contributed by atoms with E-state index >= 15 is 0 Å². The average Bonchev–Trinajstić information content (AvgIpc) is 2.09. The number of hydrogen-bond donors (Lipinski definition) is 0. The Balaban J connectivity index is 5.63. The molecule has 0 bridgehead atoms. The predicted octanol–water partition coefficient (Wildman–Crippen LogP) is 5.55. The lowest BCUT2D eigenvalue weighted by molar-refractivity contribution is -0.439. The van der Waals surface area contributed by atoms with E-state index < -0.39 is 48.7 Å². The molecule has 128 valence electrons. The highest BCUT2D eigenvalue weighted by Crippen LogP contribution is 2.49. The molecule has 2 atom stereocenters. The standard InChI is InChI=1S/C12H18F8O/c1-7(2)5-9(13,11(15,16)17)21-10(14,6-8(3)4)12(18,19)20/h7-8H,5-6H2,1-4H3. The SMILES string of the molecule is CC(C)CC(F)(OC(F)(CC(C)C)C(F)(F)F)C(F)(F)F. The third-order valence-electron chi connectivity index (χ3n) is 2.51. The maximum absolute atomic E-state index is 13.9. The molecule has 1 nitrogen and oxygen atoms in total. The first-order valence-corrected chi connectivity index (χ1v) is 6.25. The molecule has 2 unspecified atom stereocenters. The van der Waals surface area contributed by atoms with E-state index in [0.29, 0.717) is 0 Å². The molecule has 0 fully saturated rings. The van der Waals surface area contributed by atoms with Crippen molar-refractivity contribution < 1.29 is 39.9 Å². The molecule has 0 aromatic carbocycles. The fourth-order valence-corrected chi connectivity index (χ4v) is 1.74. The van der Waals surface area contributed by atoms with Crippen molar-refractivity contribution in [2.75, 3.05) is 0 Å². The molecule has 0 saturated carbocycles. The zero-order chi connectivity index (χ0) is 17.3. The zero-order valence-corrected chi connectivity index (χ0v) is 12.0. The van der Waals surface area contributed by atoms with Gasteiger partial charge >= 0.3 is 24.1 Å². The summed E-state index contributed by atoms with van der Waals surface area (Å²) >= 11 is 0.